The van der Waals surface area contributed by atoms with Crippen LogP contribution in [0.3, 0.4) is 0 Å². The molecule has 0 unspecified atom stereocenters. The standard InChI is InChI=1S/C9H14NO2P/c1-2-9(11)10-7-5-3-4-6-8-13-12/h2H,1,3-7H2,(H,10,11). The quantitative estimate of drug-likeness (QED) is 0.404. The second kappa shape index (κ2) is 9.31. The first kappa shape index (κ1) is 12.2. The molecule has 0 saturated carbocycles. The Labute approximate surface area is 79.7 Å². The van der Waals surface area contributed by atoms with Crippen LogP contribution in [0.2, 0.25) is 0 Å². The molecule has 0 rings (SSSR count). The van der Waals surface area contributed by atoms with Crippen LogP contribution in [0.25, 0.3) is 0 Å². The number of nitrogens with one attached hydrogen (secondary N) is 1. The molecule has 0 spiro atoms. The van der Waals surface area contributed by atoms with Crippen molar-refractivity contribution < 1.29 is 9.36 Å². The first-order valence-corrected chi connectivity index (χ1v) is 5.08. The van der Waals surface area contributed by atoms with E-state index < -0.39 is 0 Å². The van der Waals surface area contributed by atoms with Crippen molar-refractivity contribution in [2.45, 2.75) is 25.7 Å². The van der Waals surface area contributed by atoms with Gasteiger partial charge in [-0.05, 0) is 0 Å². The Morgan fingerprint density at radius 2 is 2.23 bits per heavy atom. The van der Waals surface area contributed by atoms with Gasteiger partial charge in [0, 0.05) is 0 Å². The number of hydrogen-bond donors (Lipinski definition) is 1. The van der Waals surface area contributed by atoms with Gasteiger partial charge in [-0.1, -0.05) is 0 Å². The van der Waals surface area contributed by atoms with Crippen molar-refractivity contribution in [1.29, 1.82) is 0 Å². The Morgan fingerprint density at radius 3 is 2.85 bits per heavy atom. The first-order chi connectivity index (χ1) is 6.31. The average molecular weight is 199 g/mol. The van der Waals surface area contributed by atoms with E-state index in [1.807, 2.05) is 0 Å². The third-order valence-electron chi connectivity index (χ3n) is 1.51. The predicted molar refractivity (Wildman–Crippen MR) is 53.2 cm³/mol. The molecule has 0 saturated heterocycles. The predicted octanol–water partition coefficient (Wildman–Crippen LogP) is 2.10. The van der Waals surface area contributed by atoms with Gasteiger partial charge < -0.3 is 0 Å². The molecule has 1 N–H and O–H groups in total. The van der Waals surface area contributed by atoms with Crippen LogP contribution in [0.15, 0.2) is 12.7 Å². The molecule has 0 aromatic rings. The number of unbranched alkanes of at least 4 members (excludes halogenated alkanes) is 3. The maximum atomic E-state index is 10.7. The SMILES string of the molecule is C=CC(=O)NCCCCCC#P=O. The molecule has 0 aliphatic heterocycles. The molecule has 4 heteroatoms. The van der Waals surface area contributed by atoms with E-state index in [9.17, 15) is 9.36 Å². The molecule has 1 amide bonds. The summed E-state index contributed by atoms with van der Waals surface area (Å²) in [7, 11) is -0.0131. The molecule has 0 aliphatic carbocycles. The molecule has 0 bridgehead atoms. The molecule has 0 aliphatic rings. The van der Waals surface area contributed by atoms with Crippen molar-refractivity contribution >= 4 is 13.8 Å². The zero-order valence-corrected chi connectivity index (χ0v) is 8.48. The van der Waals surface area contributed by atoms with E-state index in [4.69, 9.17) is 0 Å². The maximum absolute atomic E-state index is 10.7. The molecule has 0 aromatic carbocycles. The Balaban J connectivity index is 3.15. The van der Waals surface area contributed by atoms with Crippen molar-refractivity contribution in [1.82, 2.24) is 5.32 Å². The summed E-state index contributed by atoms with van der Waals surface area (Å²) in [6.07, 6.45) is 4.94. The van der Waals surface area contributed by atoms with Gasteiger partial charge in [0.15, 0.2) is 0 Å². The number of carbonyl (C=O) groups is 1. The van der Waals surface area contributed by atoms with Crippen LogP contribution in [-0.2, 0) is 9.36 Å². The molecular formula is C9H14NO2P. The van der Waals surface area contributed by atoms with E-state index >= 15 is 0 Å². The molecule has 0 heterocycles. The zero-order chi connectivity index (χ0) is 9.94. The Morgan fingerprint density at radius 1 is 1.46 bits per heavy atom. The molecule has 13 heavy (non-hydrogen) atoms. The van der Waals surface area contributed by atoms with Crippen LogP contribution in [0.4, 0.5) is 0 Å². The van der Waals surface area contributed by atoms with Gasteiger partial charge in [0.2, 0.25) is 0 Å². The van der Waals surface area contributed by atoms with Gasteiger partial charge in [0.25, 0.3) is 0 Å². The van der Waals surface area contributed by atoms with Crippen LogP contribution in [-0.4, -0.2) is 12.5 Å². The summed E-state index contributed by atoms with van der Waals surface area (Å²) in [5.74, 6) is -0.129. The summed E-state index contributed by atoms with van der Waals surface area (Å²) >= 11 is 0. The summed E-state index contributed by atoms with van der Waals surface area (Å²) in [6, 6.07) is 0. The summed E-state index contributed by atoms with van der Waals surface area (Å²) in [5.41, 5.74) is 2.67. The van der Waals surface area contributed by atoms with Crippen LogP contribution in [0, 0.1) is 5.63 Å². The fraction of sp³-hybridized carbons (Fsp3) is 0.556. The van der Waals surface area contributed by atoms with Gasteiger partial charge in [-0.2, -0.15) is 0 Å². The van der Waals surface area contributed by atoms with Gasteiger partial charge in [-0.15, -0.1) is 0 Å². The Bertz CT molecular complexity index is 256. The van der Waals surface area contributed by atoms with Crippen LogP contribution in [0.5, 0.6) is 0 Å². The van der Waals surface area contributed by atoms with Crippen molar-refractivity contribution in [2.75, 3.05) is 6.54 Å². The molecular weight excluding hydrogens is 185 g/mol. The second-order valence-electron chi connectivity index (χ2n) is 2.56. The Hall–Kier alpha value is -0.780. The van der Waals surface area contributed by atoms with Gasteiger partial charge in [-0.25, -0.2) is 0 Å². The fourth-order valence-corrected chi connectivity index (χ4v) is 1.08. The third kappa shape index (κ3) is 9.13. The van der Waals surface area contributed by atoms with Gasteiger partial charge >= 0.3 is 79.0 Å². The van der Waals surface area contributed by atoms with E-state index in [-0.39, 0.29) is 13.8 Å². The molecule has 0 radical (unpaired) electrons. The average Bonchev–Trinajstić information content (AvgIpc) is 2.16. The number of carbonyl (C=O) groups excluding carboxylic acids is 1. The van der Waals surface area contributed by atoms with E-state index in [1.54, 1.807) is 0 Å². The van der Waals surface area contributed by atoms with Crippen molar-refractivity contribution in [3.05, 3.63) is 12.7 Å². The van der Waals surface area contributed by atoms with Crippen LogP contribution >= 0.6 is 7.92 Å². The number of amides is 1. The van der Waals surface area contributed by atoms with E-state index in [1.165, 1.54) is 6.08 Å². The summed E-state index contributed by atoms with van der Waals surface area (Å²) in [4.78, 5) is 10.7. The molecule has 3 nitrogen and oxygen atoms in total. The van der Waals surface area contributed by atoms with E-state index in [0.29, 0.717) is 6.54 Å². The number of hydrogen-bond acceptors (Lipinski definition) is 2. The minimum absolute atomic E-state index is 0.0131. The number of rotatable bonds is 6. The third-order valence-corrected chi connectivity index (χ3v) is 1.87. The van der Waals surface area contributed by atoms with Crippen LogP contribution < -0.4 is 5.32 Å². The van der Waals surface area contributed by atoms with E-state index in [2.05, 4.69) is 17.5 Å². The van der Waals surface area contributed by atoms with E-state index in [0.717, 1.165) is 25.7 Å². The van der Waals surface area contributed by atoms with Gasteiger partial charge in [0.05, 0.1) is 0 Å². The summed E-state index contributed by atoms with van der Waals surface area (Å²) in [6.45, 7) is 4.02. The van der Waals surface area contributed by atoms with Gasteiger partial charge in [0.1, 0.15) is 0 Å². The van der Waals surface area contributed by atoms with Crippen molar-refractivity contribution in [2.24, 2.45) is 0 Å². The normalized spacial score (nSPS) is 8.62. The van der Waals surface area contributed by atoms with Crippen molar-refractivity contribution in [3.8, 4) is 5.63 Å². The summed E-state index contributed by atoms with van der Waals surface area (Å²) < 4.78 is 9.94. The van der Waals surface area contributed by atoms with Crippen LogP contribution in [0.1, 0.15) is 25.7 Å². The topological polar surface area (TPSA) is 46.2 Å². The zero-order valence-electron chi connectivity index (χ0n) is 7.58. The molecule has 0 aromatic heterocycles. The molecule has 0 fully saturated rings. The second-order valence-corrected chi connectivity index (χ2v) is 3.05. The minimum atomic E-state index is -0.129. The molecule has 0 atom stereocenters. The first-order valence-electron chi connectivity index (χ1n) is 4.26. The monoisotopic (exact) mass is 199 g/mol. The molecule has 72 valence electrons. The fourth-order valence-electron chi connectivity index (χ4n) is 0.835. The van der Waals surface area contributed by atoms with Crippen molar-refractivity contribution in [3.63, 3.8) is 0 Å². The summed E-state index contributed by atoms with van der Waals surface area (Å²) in [5, 5.41) is 2.68. The Kier molecular flexibility index (Phi) is 8.75. The van der Waals surface area contributed by atoms with Gasteiger partial charge in [-0.3, -0.25) is 0 Å².